The maximum absolute atomic E-state index is 14.4. The lowest BCUT2D eigenvalue weighted by molar-refractivity contribution is 0.193. The normalized spacial score (nSPS) is 16.8. The monoisotopic (exact) mass is 577 g/mol. The summed E-state index contributed by atoms with van der Waals surface area (Å²) >= 11 is 0. The van der Waals surface area contributed by atoms with Crippen LogP contribution in [0.1, 0.15) is 92.7 Å². The van der Waals surface area contributed by atoms with Crippen LogP contribution in [0.25, 0.3) is 11.0 Å². The number of rotatable bonds is 9. The Bertz CT molecular complexity index is 1610. The number of fused-ring (bicyclic) bond motifs is 1. The molecular weight excluding hydrogens is 533 g/mol. The molecule has 1 saturated heterocycles. The number of aryl methyl sites for hydroxylation is 2. The van der Waals surface area contributed by atoms with E-state index in [1.54, 1.807) is 12.1 Å². The van der Waals surface area contributed by atoms with Gasteiger partial charge in [-0.1, -0.05) is 45.4 Å². The fraction of sp³-hybridized carbons (Fsp3) is 0.486. The van der Waals surface area contributed by atoms with Gasteiger partial charge in [-0.2, -0.15) is 5.26 Å². The number of hydrogen-bond donors (Lipinski definition) is 0. The highest BCUT2D eigenvalue weighted by atomic mass is 19.1. The van der Waals surface area contributed by atoms with Gasteiger partial charge in [0.05, 0.1) is 29.2 Å². The molecule has 1 aliphatic carbocycles. The van der Waals surface area contributed by atoms with Gasteiger partial charge in [0, 0.05) is 23.9 Å². The van der Waals surface area contributed by atoms with Crippen molar-refractivity contribution in [1.82, 2.24) is 19.4 Å². The molecule has 5 nitrogen and oxygen atoms in total. The third kappa shape index (κ3) is 7.16. The molecule has 1 aliphatic heterocycles. The topological polar surface area (TPSA) is 57.7 Å². The molecule has 2 fully saturated rings. The van der Waals surface area contributed by atoms with Gasteiger partial charge in [-0.05, 0) is 117 Å². The number of nitriles is 1. The van der Waals surface area contributed by atoms with Gasteiger partial charge in [0.25, 0.3) is 0 Å². The molecule has 0 N–H and O–H groups in total. The van der Waals surface area contributed by atoms with E-state index in [4.69, 9.17) is 15.2 Å². The first-order valence-electron chi connectivity index (χ1n) is 16.1. The van der Waals surface area contributed by atoms with Gasteiger partial charge in [-0.15, -0.1) is 0 Å². The van der Waals surface area contributed by atoms with Crippen molar-refractivity contribution in [2.45, 2.75) is 91.1 Å². The maximum atomic E-state index is 14.4. The summed E-state index contributed by atoms with van der Waals surface area (Å²) < 4.78 is 16.9. The first-order chi connectivity index (χ1) is 20.7. The average Bonchev–Trinajstić information content (AvgIpc) is 3.29. The van der Waals surface area contributed by atoms with Gasteiger partial charge in [0.2, 0.25) is 0 Å². The number of likely N-dealkylation sites (tertiary alicyclic amines) is 1. The number of hydrogen-bond acceptors (Lipinski definition) is 4. The minimum Gasteiger partial charge on any atom is -0.327 e. The number of piperidine rings is 1. The lowest BCUT2D eigenvalue weighted by Gasteiger charge is -2.32. The molecule has 2 aromatic carbocycles. The largest absolute Gasteiger partial charge is 0.327 e. The van der Waals surface area contributed by atoms with Crippen molar-refractivity contribution in [3.63, 3.8) is 0 Å². The summed E-state index contributed by atoms with van der Waals surface area (Å²) in [5.74, 6) is 2.12. The number of aromatic nitrogens is 3. The highest BCUT2D eigenvalue weighted by Crippen LogP contribution is 2.33. The molecule has 6 rings (SSSR count). The van der Waals surface area contributed by atoms with Gasteiger partial charge in [-0.25, -0.2) is 9.37 Å². The van der Waals surface area contributed by atoms with E-state index >= 15 is 0 Å². The SMILES string of the molecule is CC(C)(C)Cc1ccc2nc(CN3CCC(c4cccc(CCc5ccc(C#N)cc5F)n4)CC3)n(CC3CCC3)c2c1. The molecule has 1 saturated carbocycles. The molecule has 2 aliphatic rings. The standard InChI is InChI=1S/C37H44FN5/c1-37(2,3)22-27-11-15-34-35(21-27)43(24-26-6-4-7-26)36(41-34)25-42-18-16-30(17-19-42)33-9-5-8-31(40-33)14-13-29-12-10-28(23-39)20-32(29)38/h5,8-12,15,20-21,26,30H,4,6-7,13-14,16-19,22,24-25H2,1-3H3. The summed E-state index contributed by atoms with van der Waals surface area (Å²) in [7, 11) is 0. The van der Waals surface area contributed by atoms with Crippen LogP contribution in [0.2, 0.25) is 0 Å². The van der Waals surface area contributed by atoms with Crippen LogP contribution in [0.5, 0.6) is 0 Å². The van der Waals surface area contributed by atoms with Crippen LogP contribution >= 0.6 is 0 Å². The van der Waals surface area contributed by atoms with Crippen LogP contribution in [0.4, 0.5) is 4.39 Å². The summed E-state index contributed by atoms with van der Waals surface area (Å²) in [6.45, 7) is 11.0. The smallest absolute Gasteiger partial charge is 0.127 e. The van der Waals surface area contributed by atoms with E-state index in [0.29, 0.717) is 29.9 Å². The fourth-order valence-corrected chi connectivity index (χ4v) is 6.73. The first kappa shape index (κ1) is 29.5. The van der Waals surface area contributed by atoms with E-state index in [1.165, 1.54) is 42.2 Å². The number of halogens is 1. The molecule has 0 atom stereocenters. The molecule has 0 radical (unpaired) electrons. The minimum absolute atomic E-state index is 0.261. The Labute approximate surface area is 255 Å². The van der Waals surface area contributed by atoms with Crippen LogP contribution < -0.4 is 0 Å². The van der Waals surface area contributed by atoms with E-state index < -0.39 is 0 Å². The Hall–Kier alpha value is -3.56. The number of benzene rings is 2. The van der Waals surface area contributed by atoms with Crippen molar-refractivity contribution in [2.75, 3.05) is 13.1 Å². The van der Waals surface area contributed by atoms with E-state index in [9.17, 15) is 4.39 Å². The fourth-order valence-electron chi connectivity index (χ4n) is 6.73. The Balaban J connectivity index is 1.10. The van der Waals surface area contributed by atoms with Crippen LogP contribution in [-0.4, -0.2) is 32.5 Å². The van der Waals surface area contributed by atoms with Crippen molar-refractivity contribution in [1.29, 1.82) is 5.26 Å². The molecule has 43 heavy (non-hydrogen) atoms. The molecule has 0 bridgehead atoms. The maximum Gasteiger partial charge on any atom is 0.127 e. The van der Waals surface area contributed by atoms with Crippen molar-refractivity contribution in [3.8, 4) is 6.07 Å². The van der Waals surface area contributed by atoms with E-state index in [1.807, 2.05) is 12.1 Å². The third-order valence-corrected chi connectivity index (χ3v) is 9.32. The third-order valence-electron chi connectivity index (χ3n) is 9.32. The van der Waals surface area contributed by atoms with E-state index in [2.05, 4.69) is 60.6 Å². The second-order valence-corrected chi connectivity index (χ2v) is 14.0. The van der Waals surface area contributed by atoms with Crippen LogP contribution in [-0.2, 0) is 32.4 Å². The van der Waals surface area contributed by atoms with E-state index in [-0.39, 0.29) is 11.2 Å². The van der Waals surface area contributed by atoms with E-state index in [0.717, 1.165) is 68.3 Å². The van der Waals surface area contributed by atoms with Gasteiger partial charge in [-0.3, -0.25) is 9.88 Å². The molecule has 0 unspecified atom stereocenters. The predicted octanol–water partition coefficient (Wildman–Crippen LogP) is 8.00. The van der Waals surface area contributed by atoms with Gasteiger partial charge >= 0.3 is 0 Å². The summed E-state index contributed by atoms with van der Waals surface area (Å²) in [6.07, 6.45) is 8.52. The van der Waals surface area contributed by atoms with Crippen LogP contribution in [0, 0.1) is 28.5 Å². The predicted molar refractivity (Wildman–Crippen MR) is 170 cm³/mol. The molecular formula is C37H44FN5. The highest BCUT2D eigenvalue weighted by molar-refractivity contribution is 5.77. The zero-order valence-electron chi connectivity index (χ0n) is 26.0. The second kappa shape index (κ2) is 12.6. The molecule has 224 valence electrons. The van der Waals surface area contributed by atoms with Crippen LogP contribution in [0.15, 0.2) is 54.6 Å². The molecule has 4 aromatic rings. The Morgan fingerprint density at radius 1 is 0.953 bits per heavy atom. The number of imidazole rings is 1. The molecule has 0 amide bonds. The van der Waals surface area contributed by atoms with Crippen LogP contribution in [0.3, 0.4) is 0 Å². The Morgan fingerprint density at radius 3 is 2.47 bits per heavy atom. The highest BCUT2D eigenvalue weighted by Gasteiger charge is 2.26. The zero-order valence-corrected chi connectivity index (χ0v) is 26.0. The molecule has 0 spiro atoms. The average molecular weight is 578 g/mol. The molecule has 6 heteroatoms. The number of pyridine rings is 1. The van der Waals surface area contributed by atoms with Crippen molar-refractivity contribution >= 4 is 11.0 Å². The lowest BCUT2D eigenvalue weighted by Crippen LogP contribution is -2.34. The molecule has 2 aromatic heterocycles. The van der Waals surface area contributed by atoms with Gasteiger partial charge in [0.1, 0.15) is 11.6 Å². The minimum atomic E-state index is -0.311. The summed E-state index contributed by atoms with van der Waals surface area (Å²) in [4.78, 5) is 12.7. The summed E-state index contributed by atoms with van der Waals surface area (Å²) in [6, 6.07) is 19.9. The number of nitrogens with zero attached hydrogens (tertiary/aromatic N) is 5. The van der Waals surface area contributed by atoms with Gasteiger partial charge < -0.3 is 4.57 Å². The Morgan fingerprint density at radius 2 is 1.77 bits per heavy atom. The van der Waals surface area contributed by atoms with Crippen molar-refractivity contribution in [2.24, 2.45) is 11.3 Å². The summed E-state index contributed by atoms with van der Waals surface area (Å²) in [5.41, 5.74) is 7.24. The zero-order chi connectivity index (χ0) is 30.0. The summed E-state index contributed by atoms with van der Waals surface area (Å²) in [5, 5.41) is 9.00. The first-order valence-corrected chi connectivity index (χ1v) is 16.1. The van der Waals surface area contributed by atoms with Crippen molar-refractivity contribution < 1.29 is 4.39 Å². The lowest BCUT2D eigenvalue weighted by atomic mass is 9.85. The Kier molecular flexibility index (Phi) is 8.63. The van der Waals surface area contributed by atoms with Gasteiger partial charge in [0.15, 0.2) is 0 Å². The second-order valence-electron chi connectivity index (χ2n) is 14.0. The van der Waals surface area contributed by atoms with Crippen molar-refractivity contribution in [3.05, 3.63) is 94.3 Å². The quantitative estimate of drug-likeness (QED) is 0.202. The molecule has 3 heterocycles.